The molecule has 6 heteroatoms. The molecular weight excluding hydrogens is 264 g/mol. The molecular formula is C14H22O6. The van der Waals surface area contributed by atoms with Crippen molar-refractivity contribution in [3.8, 4) is 0 Å². The summed E-state index contributed by atoms with van der Waals surface area (Å²) in [5.41, 5.74) is 0. The lowest BCUT2D eigenvalue weighted by atomic mass is 9.99. The highest BCUT2D eigenvalue weighted by atomic mass is 16.8. The molecule has 1 spiro atoms. The summed E-state index contributed by atoms with van der Waals surface area (Å²) in [6, 6.07) is 0. The molecule has 0 saturated carbocycles. The summed E-state index contributed by atoms with van der Waals surface area (Å²) in [5.74, 6) is -3.09. The van der Waals surface area contributed by atoms with Crippen LogP contribution in [-0.2, 0) is 28.5 Å². The Kier molecular flexibility index (Phi) is 3.23. The molecule has 3 atom stereocenters. The molecule has 114 valence electrons. The van der Waals surface area contributed by atoms with E-state index in [2.05, 4.69) is 0 Å². The molecule has 3 rings (SSSR count). The van der Waals surface area contributed by atoms with Crippen LogP contribution < -0.4 is 0 Å². The first-order valence-corrected chi connectivity index (χ1v) is 7.23. The first-order chi connectivity index (χ1) is 9.35. The number of hydrogen-bond acceptors (Lipinski definition) is 6. The lowest BCUT2D eigenvalue weighted by Gasteiger charge is -2.35. The fraction of sp³-hybridized carbons (Fsp3) is 0.929. The van der Waals surface area contributed by atoms with Crippen LogP contribution >= 0.6 is 0 Å². The smallest absolute Gasteiger partial charge is 0.258 e. The zero-order chi connectivity index (χ0) is 14.6. The van der Waals surface area contributed by atoms with Gasteiger partial charge in [0.05, 0.1) is 6.61 Å². The zero-order valence-electron chi connectivity index (χ0n) is 12.4. The van der Waals surface area contributed by atoms with Crippen LogP contribution in [0.25, 0.3) is 0 Å². The lowest BCUT2D eigenvalue weighted by molar-refractivity contribution is -0.263. The summed E-state index contributed by atoms with van der Waals surface area (Å²) in [5, 5.41) is 0. The van der Waals surface area contributed by atoms with Crippen LogP contribution in [0.15, 0.2) is 0 Å². The van der Waals surface area contributed by atoms with Crippen LogP contribution in [0.1, 0.15) is 40.5 Å². The summed E-state index contributed by atoms with van der Waals surface area (Å²) in [4.78, 5) is 12.7. The second kappa shape index (κ2) is 4.48. The van der Waals surface area contributed by atoms with Gasteiger partial charge in [-0.2, -0.15) is 0 Å². The van der Waals surface area contributed by atoms with Crippen molar-refractivity contribution < 1.29 is 28.5 Å². The maximum Gasteiger partial charge on any atom is 0.258 e. The first-order valence-electron chi connectivity index (χ1n) is 7.23. The molecule has 3 saturated heterocycles. The number of carbonyl (C=O) groups excluding carboxylic acids is 1. The van der Waals surface area contributed by atoms with E-state index in [4.69, 9.17) is 23.7 Å². The van der Waals surface area contributed by atoms with Gasteiger partial charge in [0.15, 0.2) is 17.7 Å². The van der Waals surface area contributed by atoms with E-state index >= 15 is 0 Å². The third-order valence-electron chi connectivity index (χ3n) is 4.26. The SMILES string of the molecule is CCC1(CC)OC2C(=O)[C@@]3(COC(C)(C)O3)OC[C@H]2O1. The van der Waals surface area contributed by atoms with Gasteiger partial charge in [-0.05, 0) is 26.7 Å². The number of rotatable bonds is 2. The Morgan fingerprint density at radius 2 is 1.85 bits per heavy atom. The highest BCUT2D eigenvalue weighted by molar-refractivity contribution is 5.92. The minimum atomic E-state index is -1.34. The van der Waals surface area contributed by atoms with Gasteiger partial charge in [-0.1, -0.05) is 13.8 Å². The number of ether oxygens (including phenoxy) is 5. The molecule has 0 aromatic rings. The van der Waals surface area contributed by atoms with E-state index in [1.54, 1.807) is 13.8 Å². The number of carbonyl (C=O) groups is 1. The molecule has 20 heavy (non-hydrogen) atoms. The Morgan fingerprint density at radius 1 is 1.15 bits per heavy atom. The number of ketones is 1. The van der Waals surface area contributed by atoms with Crippen molar-refractivity contribution in [3.63, 3.8) is 0 Å². The third kappa shape index (κ3) is 2.02. The number of hydrogen-bond donors (Lipinski definition) is 0. The van der Waals surface area contributed by atoms with Crippen molar-refractivity contribution in [2.45, 2.75) is 70.1 Å². The van der Waals surface area contributed by atoms with Gasteiger partial charge in [0.1, 0.15) is 12.7 Å². The number of fused-ring (bicyclic) bond motifs is 1. The molecule has 0 amide bonds. The minimum Gasteiger partial charge on any atom is -0.344 e. The molecule has 3 aliphatic rings. The van der Waals surface area contributed by atoms with Crippen LogP contribution in [0, 0.1) is 0 Å². The van der Waals surface area contributed by atoms with Crippen LogP contribution in [0.2, 0.25) is 0 Å². The van der Waals surface area contributed by atoms with E-state index in [9.17, 15) is 4.79 Å². The highest BCUT2D eigenvalue weighted by Gasteiger charge is 2.63. The predicted molar refractivity (Wildman–Crippen MR) is 67.9 cm³/mol. The molecule has 3 heterocycles. The summed E-state index contributed by atoms with van der Waals surface area (Å²) in [6.07, 6.45) is 0.390. The van der Waals surface area contributed by atoms with Crippen LogP contribution in [0.3, 0.4) is 0 Å². The molecule has 1 unspecified atom stereocenters. The van der Waals surface area contributed by atoms with Crippen molar-refractivity contribution >= 4 is 5.78 Å². The normalized spacial score (nSPS) is 42.1. The molecule has 6 nitrogen and oxygen atoms in total. The van der Waals surface area contributed by atoms with E-state index in [1.165, 1.54) is 0 Å². The fourth-order valence-corrected chi connectivity index (χ4v) is 3.02. The quantitative estimate of drug-likeness (QED) is 0.764. The van der Waals surface area contributed by atoms with Gasteiger partial charge < -0.3 is 23.7 Å². The Labute approximate surface area is 118 Å². The topological polar surface area (TPSA) is 63.2 Å². The first kappa shape index (κ1) is 14.4. The molecule has 0 aromatic carbocycles. The van der Waals surface area contributed by atoms with Crippen LogP contribution in [-0.4, -0.2) is 48.6 Å². The average Bonchev–Trinajstić information content (AvgIpc) is 2.95. The monoisotopic (exact) mass is 286 g/mol. The highest BCUT2D eigenvalue weighted by Crippen LogP contribution is 2.43. The van der Waals surface area contributed by atoms with Gasteiger partial charge >= 0.3 is 0 Å². The lowest BCUT2D eigenvalue weighted by Crippen LogP contribution is -2.58. The second-order valence-corrected chi connectivity index (χ2v) is 6.03. The largest absolute Gasteiger partial charge is 0.344 e. The minimum absolute atomic E-state index is 0.0939. The Hall–Kier alpha value is -0.530. The Bertz CT molecular complexity index is 416. The average molecular weight is 286 g/mol. The number of Topliss-reactive ketones (excluding diaryl/α,β-unsaturated/α-hetero) is 1. The van der Waals surface area contributed by atoms with Crippen molar-refractivity contribution in [2.24, 2.45) is 0 Å². The second-order valence-electron chi connectivity index (χ2n) is 6.03. The Balaban J connectivity index is 1.82. The van der Waals surface area contributed by atoms with E-state index < -0.39 is 23.5 Å². The van der Waals surface area contributed by atoms with Gasteiger partial charge in [0, 0.05) is 0 Å². The van der Waals surface area contributed by atoms with Crippen molar-refractivity contribution in [1.82, 2.24) is 0 Å². The Morgan fingerprint density at radius 3 is 2.40 bits per heavy atom. The van der Waals surface area contributed by atoms with E-state index in [1.807, 2.05) is 13.8 Å². The van der Waals surface area contributed by atoms with Crippen LogP contribution in [0.5, 0.6) is 0 Å². The van der Waals surface area contributed by atoms with E-state index in [0.717, 1.165) is 0 Å². The fourth-order valence-electron chi connectivity index (χ4n) is 3.02. The van der Waals surface area contributed by atoms with Gasteiger partial charge in [-0.3, -0.25) is 4.79 Å². The van der Waals surface area contributed by atoms with Crippen molar-refractivity contribution in [3.05, 3.63) is 0 Å². The van der Waals surface area contributed by atoms with Gasteiger partial charge in [0.25, 0.3) is 5.79 Å². The molecule has 0 bridgehead atoms. The maximum absolute atomic E-state index is 12.7. The summed E-state index contributed by atoms with van der Waals surface area (Å²) >= 11 is 0. The van der Waals surface area contributed by atoms with Gasteiger partial charge in [0.2, 0.25) is 5.78 Å². The summed E-state index contributed by atoms with van der Waals surface area (Å²) in [7, 11) is 0. The standard InChI is InChI=1S/C14H22O6/c1-5-13(6-2)18-9-7-16-14(11(15)10(9)19-13)8-17-12(3,4)20-14/h9-10H,5-8H2,1-4H3/t9-,10?,14+/m1/s1. The maximum atomic E-state index is 12.7. The van der Waals surface area contributed by atoms with Crippen LogP contribution in [0.4, 0.5) is 0 Å². The van der Waals surface area contributed by atoms with E-state index in [0.29, 0.717) is 12.8 Å². The summed E-state index contributed by atoms with van der Waals surface area (Å²) in [6.45, 7) is 7.87. The molecule has 0 aliphatic carbocycles. The van der Waals surface area contributed by atoms with Crippen molar-refractivity contribution in [2.75, 3.05) is 13.2 Å². The molecule has 3 fully saturated rings. The zero-order valence-corrected chi connectivity index (χ0v) is 12.4. The third-order valence-corrected chi connectivity index (χ3v) is 4.26. The molecule has 3 aliphatic heterocycles. The van der Waals surface area contributed by atoms with Gasteiger partial charge in [-0.25, -0.2) is 0 Å². The summed E-state index contributed by atoms with van der Waals surface area (Å²) < 4.78 is 28.7. The molecule has 0 aromatic heterocycles. The van der Waals surface area contributed by atoms with Crippen molar-refractivity contribution in [1.29, 1.82) is 0 Å². The molecule has 0 N–H and O–H groups in total. The predicted octanol–water partition coefficient (Wildman–Crippen LogP) is 1.37. The van der Waals surface area contributed by atoms with E-state index in [-0.39, 0.29) is 25.1 Å². The molecule has 0 radical (unpaired) electrons. The van der Waals surface area contributed by atoms with Gasteiger partial charge in [-0.15, -0.1) is 0 Å².